The van der Waals surface area contributed by atoms with Gasteiger partial charge >= 0.3 is 6.18 Å². The normalized spacial score (nSPS) is 14.8. The Morgan fingerprint density at radius 3 is 2.19 bits per heavy atom. The molecule has 0 amide bonds. The molecule has 1 N–H and O–H groups in total. The zero-order valence-corrected chi connectivity index (χ0v) is 22.0. The van der Waals surface area contributed by atoms with Crippen LogP contribution in [0.25, 0.3) is 0 Å². The molecule has 0 saturated carbocycles. The third-order valence-corrected chi connectivity index (χ3v) is 7.41. The summed E-state index contributed by atoms with van der Waals surface area (Å²) in [6, 6.07) is 10.5. The van der Waals surface area contributed by atoms with Gasteiger partial charge in [-0.05, 0) is 74.2 Å². The minimum Gasteiger partial charge on any atom is -0.493 e. The monoisotopic (exact) mass is 521 g/mol. The molecule has 36 heavy (non-hydrogen) atoms. The van der Waals surface area contributed by atoms with Crippen LogP contribution in [0.5, 0.6) is 11.5 Å². The van der Waals surface area contributed by atoms with Crippen LogP contribution in [0.1, 0.15) is 18.1 Å². The zero-order valence-electron chi connectivity index (χ0n) is 21.1. The number of anilines is 1. The molecular weight excluding hydrogens is 490 g/mol. The number of methoxy groups -OCH3 is 2. The van der Waals surface area contributed by atoms with Crippen LogP contribution in [0.15, 0.2) is 65.4 Å². The Hall–Kier alpha value is -3.19. The standard InChI is InChI=1S/C26H31F3N3O3P/c1-7-22(26(27,28)29)25(31-17(2)30-20-8-10-21(11-9-20)36(5,6)33)32-13-12-18-14-23(34-3)24(35-4)15-19(18)16-32/h7-11,14-15,30H,2,12-13,16H2,1,3-6H3/b22-7+,31-25+. The van der Waals surface area contributed by atoms with Gasteiger partial charge < -0.3 is 24.3 Å². The number of hydrogen-bond acceptors (Lipinski definition) is 5. The molecule has 0 spiro atoms. The summed E-state index contributed by atoms with van der Waals surface area (Å²) in [5.41, 5.74) is 1.55. The van der Waals surface area contributed by atoms with Gasteiger partial charge in [-0.2, -0.15) is 13.2 Å². The van der Waals surface area contributed by atoms with Gasteiger partial charge in [0, 0.05) is 24.1 Å². The van der Waals surface area contributed by atoms with E-state index in [-0.39, 0.29) is 18.2 Å². The van der Waals surface area contributed by atoms with Crippen molar-refractivity contribution < 1.29 is 27.2 Å². The second kappa shape index (κ2) is 10.8. The molecule has 1 aliphatic heterocycles. The Bertz CT molecular complexity index is 1230. The van der Waals surface area contributed by atoms with Crippen LogP contribution in [0.3, 0.4) is 0 Å². The van der Waals surface area contributed by atoms with Gasteiger partial charge in [0.1, 0.15) is 18.8 Å². The first-order valence-electron chi connectivity index (χ1n) is 11.3. The fourth-order valence-corrected chi connectivity index (χ4v) is 4.88. The number of rotatable bonds is 7. The van der Waals surface area contributed by atoms with E-state index < -0.39 is 18.9 Å². The lowest BCUT2D eigenvalue weighted by Gasteiger charge is -2.33. The van der Waals surface area contributed by atoms with Crippen LogP contribution >= 0.6 is 7.14 Å². The van der Waals surface area contributed by atoms with E-state index in [2.05, 4.69) is 16.9 Å². The molecule has 0 bridgehead atoms. The van der Waals surface area contributed by atoms with Crippen LogP contribution in [0.2, 0.25) is 0 Å². The fraction of sp³-hybridized carbons (Fsp3) is 0.346. The van der Waals surface area contributed by atoms with Crippen molar-refractivity contribution in [3.05, 3.63) is 71.6 Å². The lowest BCUT2D eigenvalue weighted by molar-refractivity contribution is -0.0871. The maximum absolute atomic E-state index is 14.0. The average molecular weight is 522 g/mol. The number of fused-ring (bicyclic) bond motifs is 1. The van der Waals surface area contributed by atoms with Crippen LogP contribution < -0.4 is 20.1 Å². The number of alkyl halides is 3. The summed E-state index contributed by atoms with van der Waals surface area (Å²) in [7, 11) is 0.637. The van der Waals surface area contributed by atoms with E-state index in [1.165, 1.54) is 14.0 Å². The SMILES string of the molecule is C=C(/N=C(\C(=C/C)C(F)(F)F)N1CCc2cc(OC)c(OC)cc2C1)Nc1ccc(P(C)(C)=O)cc1. The summed E-state index contributed by atoms with van der Waals surface area (Å²) in [5.74, 6) is 0.924. The van der Waals surface area contributed by atoms with E-state index in [0.29, 0.717) is 35.5 Å². The summed E-state index contributed by atoms with van der Waals surface area (Å²) < 4.78 is 64.9. The quantitative estimate of drug-likeness (QED) is 0.284. The van der Waals surface area contributed by atoms with E-state index >= 15 is 0 Å². The third kappa shape index (κ3) is 6.32. The second-order valence-electron chi connectivity index (χ2n) is 8.75. The van der Waals surface area contributed by atoms with Gasteiger partial charge in [-0.3, -0.25) is 0 Å². The maximum Gasteiger partial charge on any atom is 0.419 e. The Balaban J connectivity index is 1.94. The summed E-state index contributed by atoms with van der Waals surface area (Å²) >= 11 is 0. The maximum atomic E-state index is 14.0. The number of nitrogens with one attached hydrogen (secondary N) is 1. The highest BCUT2D eigenvalue weighted by molar-refractivity contribution is 7.70. The van der Waals surface area contributed by atoms with Crippen LogP contribution in [-0.2, 0) is 17.5 Å². The first-order valence-corrected chi connectivity index (χ1v) is 13.9. The summed E-state index contributed by atoms with van der Waals surface area (Å²) in [5, 5.41) is 3.65. The first kappa shape index (κ1) is 27.4. The molecular formula is C26H31F3N3O3P. The van der Waals surface area contributed by atoms with E-state index in [1.54, 1.807) is 55.7 Å². The molecule has 1 aliphatic rings. The summed E-state index contributed by atoms with van der Waals surface area (Å²) in [4.78, 5) is 5.89. The first-order chi connectivity index (χ1) is 16.9. The van der Waals surface area contributed by atoms with Crippen molar-refractivity contribution in [1.82, 2.24) is 4.90 Å². The van der Waals surface area contributed by atoms with E-state index in [1.807, 2.05) is 6.07 Å². The summed E-state index contributed by atoms with van der Waals surface area (Å²) in [6.45, 7) is 9.06. The van der Waals surface area contributed by atoms with Gasteiger partial charge in [-0.1, -0.05) is 12.7 Å². The van der Waals surface area contributed by atoms with Crippen LogP contribution in [-0.4, -0.2) is 51.0 Å². The highest BCUT2D eigenvalue weighted by atomic mass is 31.2. The van der Waals surface area contributed by atoms with Gasteiger partial charge in [0.2, 0.25) is 0 Å². The number of nitrogens with zero attached hydrogens (tertiary/aromatic N) is 2. The fourth-order valence-electron chi connectivity index (χ4n) is 4.01. The number of halogens is 3. The smallest absolute Gasteiger partial charge is 0.419 e. The Morgan fingerprint density at radius 1 is 1.11 bits per heavy atom. The number of aliphatic imine (C=N–C) groups is 1. The predicted octanol–water partition coefficient (Wildman–Crippen LogP) is 5.80. The molecule has 0 fully saturated rings. The molecule has 0 saturated heterocycles. The minimum atomic E-state index is -4.60. The van der Waals surface area contributed by atoms with Crippen molar-refractivity contribution in [2.45, 2.75) is 26.1 Å². The van der Waals surface area contributed by atoms with Gasteiger partial charge in [-0.25, -0.2) is 4.99 Å². The summed E-state index contributed by atoms with van der Waals surface area (Å²) in [6.07, 6.45) is -3.07. The van der Waals surface area contributed by atoms with Crippen molar-refractivity contribution >= 4 is 24.0 Å². The minimum absolute atomic E-state index is 0.0515. The van der Waals surface area contributed by atoms with Gasteiger partial charge in [0.05, 0.1) is 19.8 Å². The van der Waals surface area contributed by atoms with Gasteiger partial charge in [0.15, 0.2) is 11.5 Å². The lowest BCUT2D eigenvalue weighted by atomic mass is 9.98. The molecule has 0 unspecified atom stereocenters. The molecule has 1 heterocycles. The Labute approximate surface area is 209 Å². The molecule has 2 aromatic rings. The van der Waals surface area contributed by atoms with E-state index in [9.17, 15) is 17.7 Å². The van der Waals surface area contributed by atoms with E-state index in [0.717, 1.165) is 17.2 Å². The number of allylic oxidation sites excluding steroid dienone is 1. The van der Waals surface area contributed by atoms with Gasteiger partial charge in [0.25, 0.3) is 0 Å². The molecule has 0 aromatic heterocycles. The van der Waals surface area contributed by atoms with Crippen molar-refractivity contribution in [1.29, 1.82) is 0 Å². The topological polar surface area (TPSA) is 63.2 Å². The largest absolute Gasteiger partial charge is 0.493 e. The lowest BCUT2D eigenvalue weighted by Crippen LogP contribution is -2.40. The second-order valence-corrected chi connectivity index (χ2v) is 12.0. The Kier molecular flexibility index (Phi) is 8.24. The molecule has 2 aromatic carbocycles. The molecule has 3 rings (SSSR count). The van der Waals surface area contributed by atoms with Crippen LogP contribution in [0, 0.1) is 0 Å². The average Bonchev–Trinajstić information content (AvgIpc) is 2.81. The molecule has 0 aliphatic carbocycles. The number of ether oxygens (including phenoxy) is 2. The molecule has 10 heteroatoms. The predicted molar refractivity (Wildman–Crippen MR) is 139 cm³/mol. The number of amidine groups is 1. The molecule has 0 atom stereocenters. The highest BCUT2D eigenvalue weighted by Gasteiger charge is 2.39. The van der Waals surface area contributed by atoms with Crippen molar-refractivity contribution in [2.75, 3.05) is 39.4 Å². The van der Waals surface area contributed by atoms with Crippen molar-refractivity contribution in [3.8, 4) is 11.5 Å². The third-order valence-electron chi connectivity index (χ3n) is 5.87. The molecule has 194 valence electrons. The number of hydrogen-bond donors (Lipinski definition) is 1. The van der Waals surface area contributed by atoms with Gasteiger partial charge in [-0.15, -0.1) is 0 Å². The molecule has 6 nitrogen and oxygen atoms in total. The zero-order chi connectivity index (χ0) is 26.7. The highest BCUT2D eigenvalue weighted by Crippen LogP contribution is 2.36. The molecule has 0 radical (unpaired) electrons. The number of benzene rings is 2. The van der Waals surface area contributed by atoms with Crippen molar-refractivity contribution in [3.63, 3.8) is 0 Å². The Morgan fingerprint density at radius 2 is 1.69 bits per heavy atom. The van der Waals surface area contributed by atoms with E-state index in [4.69, 9.17) is 9.47 Å². The van der Waals surface area contributed by atoms with Crippen LogP contribution in [0.4, 0.5) is 18.9 Å². The van der Waals surface area contributed by atoms with Crippen molar-refractivity contribution in [2.24, 2.45) is 4.99 Å².